The molecule has 5 nitrogen and oxygen atoms in total. The summed E-state index contributed by atoms with van der Waals surface area (Å²) >= 11 is 0. The average molecular weight is 304 g/mol. The summed E-state index contributed by atoms with van der Waals surface area (Å²) in [5, 5.41) is 2.81. The Balaban J connectivity index is 1.87. The lowest BCUT2D eigenvalue weighted by molar-refractivity contribution is -0.131. The molecule has 1 aromatic carbocycles. The molecule has 1 heterocycles. The van der Waals surface area contributed by atoms with Gasteiger partial charge in [-0.15, -0.1) is 0 Å². The summed E-state index contributed by atoms with van der Waals surface area (Å²) in [5.74, 6) is -0.148. The third kappa shape index (κ3) is 4.23. The van der Waals surface area contributed by atoms with E-state index >= 15 is 0 Å². The van der Waals surface area contributed by atoms with Crippen LogP contribution in [0, 0.1) is 5.92 Å². The second kappa shape index (κ2) is 7.82. The number of ether oxygens (including phenoxy) is 1. The highest BCUT2D eigenvalue weighted by molar-refractivity contribution is 5.83. The van der Waals surface area contributed by atoms with E-state index in [9.17, 15) is 9.59 Å². The molecule has 0 radical (unpaired) electrons. The van der Waals surface area contributed by atoms with Crippen molar-refractivity contribution in [3.8, 4) is 0 Å². The fraction of sp³-hybridized carbons (Fsp3) is 0.529. The van der Waals surface area contributed by atoms with E-state index in [2.05, 4.69) is 5.32 Å². The topological polar surface area (TPSA) is 58.6 Å². The van der Waals surface area contributed by atoms with Crippen molar-refractivity contribution in [1.29, 1.82) is 0 Å². The Labute approximate surface area is 131 Å². The van der Waals surface area contributed by atoms with Crippen LogP contribution in [0.5, 0.6) is 0 Å². The molecular formula is C17H24N2O3. The number of hydrogen-bond acceptors (Lipinski definition) is 3. The molecule has 2 rings (SSSR count). The van der Waals surface area contributed by atoms with Crippen LogP contribution in [0.3, 0.4) is 0 Å². The summed E-state index contributed by atoms with van der Waals surface area (Å²) in [6.07, 6.45) is 1.41. The molecule has 0 aliphatic carbocycles. The molecule has 1 aliphatic heterocycles. The summed E-state index contributed by atoms with van der Waals surface area (Å²) in [6.45, 7) is 5.42. The minimum absolute atomic E-state index is 0.0720. The predicted octanol–water partition coefficient (Wildman–Crippen LogP) is 2.56. The fourth-order valence-electron chi connectivity index (χ4n) is 2.56. The molecule has 1 saturated heterocycles. The molecule has 0 aromatic heterocycles. The Morgan fingerprint density at radius 3 is 2.77 bits per heavy atom. The number of alkyl carbamates (subject to hydrolysis) is 1. The highest BCUT2D eigenvalue weighted by atomic mass is 16.5. The minimum Gasteiger partial charge on any atom is -0.450 e. The normalized spacial score (nSPS) is 21.0. The van der Waals surface area contributed by atoms with Crippen LogP contribution in [-0.4, -0.2) is 36.1 Å². The quantitative estimate of drug-likeness (QED) is 0.822. The largest absolute Gasteiger partial charge is 0.450 e. The van der Waals surface area contributed by atoms with Crippen molar-refractivity contribution in [3.05, 3.63) is 35.9 Å². The second-order valence-electron chi connectivity index (χ2n) is 5.73. The van der Waals surface area contributed by atoms with E-state index in [4.69, 9.17) is 4.74 Å². The number of amides is 2. The van der Waals surface area contributed by atoms with E-state index in [-0.39, 0.29) is 17.9 Å². The van der Waals surface area contributed by atoms with Crippen molar-refractivity contribution in [2.24, 2.45) is 5.92 Å². The molecule has 0 saturated carbocycles. The van der Waals surface area contributed by atoms with Gasteiger partial charge < -0.3 is 15.0 Å². The van der Waals surface area contributed by atoms with Crippen molar-refractivity contribution in [2.45, 2.75) is 39.3 Å². The van der Waals surface area contributed by atoms with Crippen molar-refractivity contribution in [3.63, 3.8) is 0 Å². The first-order valence-electron chi connectivity index (χ1n) is 7.87. The Morgan fingerprint density at radius 2 is 2.09 bits per heavy atom. The molecule has 2 unspecified atom stereocenters. The maximum absolute atomic E-state index is 12.3. The SMILES string of the molecule is CCCCOC(=O)NC1CN(Cc2ccccc2)C(=O)C1C. The number of benzene rings is 1. The number of rotatable bonds is 6. The van der Waals surface area contributed by atoms with Crippen molar-refractivity contribution in [1.82, 2.24) is 10.2 Å². The summed E-state index contributed by atoms with van der Waals surface area (Å²) in [7, 11) is 0. The zero-order chi connectivity index (χ0) is 15.9. The maximum atomic E-state index is 12.3. The Hall–Kier alpha value is -2.04. The molecule has 1 aromatic rings. The lowest BCUT2D eigenvalue weighted by Crippen LogP contribution is -2.40. The number of hydrogen-bond donors (Lipinski definition) is 1. The highest BCUT2D eigenvalue weighted by Crippen LogP contribution is 2.20. The number of unbranched alkanes of at least 4 members (excludes halogenated alkanes) is 1. The molecule has 120 valence electrons. The molecule has 1 fully saturated rings. The fourth-order valence-corrected chi connectivity index (χ4v) is 2.56. The maximum Gasteiger partial charge on any atom is 0.407 e. The number of likely N-dealkylation sites (tertiary alicyclic amines) is 1. The zero-order valence-electron chi connectivity index (χ0n) is 13.2. The monoisotopic (exact) mass is 304 g/mol. The molecule has 1 aliphatic rings. The molecule has 5 heteroatoms. The van der Waals surface area contributed by atoms with E-state index in [0.717, 1.165) is 18.4 Å². The first-order valence-corrected chi connectivity index (χ1v) is 7.87. The van der Waals surface area contributed by atoms with Gasteiger partial charge in [-0.3, -0.25) is 4.79 Å². The highest BCUT2D eigenvalue weighted by Gasteiger charge is 2.38. The van der Waals surface area contributed by atoms with E-state index < -0.39 is 6.09 Å². The number of carbonyl (C=O) groups excluding carboxylic acids is 2. The summed E-state index contributed by atoms with van der Waals surface area (Å²) in [5.41, 5.74) is 1.09. The Kier molecular flexibility index (Phi) is 5.81. The third-order valence-corrected chi connectivity index (χ3v) is 3.97. The van der Waals surface area contributed by atoms with Gasteiger partial charge in [0.05, 0.1) is 18.6 Å². The van der Waals surface area contributed by atoms with Crippen LogP contribution >= 0.6 is 0 Å². The van der Waals surface area contributed by atoms with Crippen LogP contribution in [0.15, 0.2) is 30.3 Å². The van der Waals surface area contributed by atoms with Gasteiger partial charge in [0.25, 0.3) is 0 Å². The molecular weight excluding hydrogens is 280 g/mol. The van der Waals surface area contributed by atoms with Gasteiger partial charge in [-0.25, -0.2) is 4.79 Å². The van der Waals surface area contributed by atoms with Crippen molar-refractivity contribution < 1.29 is 14.3 Å². The molecule has 1 N–H and O–H groups in total. The van der Waals surface area contributed by atoms with Crippen LogP contribution in [0.25, 0.3) is 0 Å². The van der Waals surface area contributed by atoms with Crippen LogP contribution in [0.2, 0.25) is 0 Å². The molecule has 2 amide bonds. The smallest absolute Gasteiger partial charge is 0.407 e. The second-order valence-corrected chi connectivity index (χ2v) is 5.73. The summed E-state index contributed by atoms with van der Waals surface area (Å²) in [6, 6.07) is 9.68. The number of nitrogens with one attached hydrogen (secondary N) is 1. The predicted molar refractivity (Wildman–Crippen MR) is 84.2 cm³/mol. The van der Waals surface area contributed by atoms with E-state index in [0.29, 0.717) is 19.7 Å². The van der Waals surface area contributed by atoms with Gasteiger partial charge in [-0.1, -0.05) is 50.6 Å². The number of nitrogens with zero attached hydrogens (tertiary/aromatic N) is 1. The molecule has 22 heavy (non-hydrogen) atoms. The molecule has 2 atom stereocenters. The number of carbonyl (C=O) groups is 2. The van der Waals surface area contributed by atoms with E-state index in [1.54, 1.807) is 4.90 Å². The van der Waals surface area contributed by atoms with Crippen LogP contribution in [-0.2, 0) is 16.1 Å². The molecule has 0 spiro atoms. The first-order chi connectivity index (χ1) is 10.6. The van der Waals surface area contributed by atoms with E-state index in [1.165, 1.54) is 0 Å². The van der Waals surface area contributed by atoms with Gasteiger partial charge in [0.2, 0.25) is 5.91 Å². The van der Waals surface area contributed by atoms with E-state index in [1.807, 2.05) is 44.2 Å². The van der Waals surface area contributed by atoms with Gasteiger partial charge in [0.1, 0.15) is 0 Å². The van der Waals surface area contributed by atoms with Gasteiger partial charge in [-0.2, -0.15) is 0 Å². The van der Waals surface area contributed by atoms with Crippen LogP contribution < -0.4 is 5.32 Å². The standard InChI is InChI=1S/C17H24N2O3/c1-3-4-10-22-17(21)18-15-12-19(16(20)13(15)2)11-14-8-6-5-7-9-14/h5-9,13,15H,3-4,10-12H2,1-2H3,(H,18,21). The minimum atomic E-state index is -0.431. The zero-order valence-corrected chi connectivity index (χ0v) is 13.2. The van der Waals surface area contributed by atoms with Gasteiger partial charge in [0, 0.05) is 13.1 Å². The molecule has 0 bridgehead atoms. The van der Waals surface area contributed by atoms with Gasteiger partial charge in [0.15, 0.2) is 0 Å². The summed E-state index contributed by atoms with van der Waals surface area (Å²) < 4.78 is 5.10. The third-order valence-electron chi connectivity index (χ3n) is 3.97. The lowest BCUT2D eigenvalue weighted by atomic mass is 10.1. The first kappa shape index (κ1) is 16.3. The Morgan fingerprint density at radius 1 is 1.36 bits per heavy atom. The van der Waals surface area contributed by atoms with Gasteiger partial charge in [-0.05, 0) is 12.0 Å². The van der Waals surface area contributed by atoms with Crippen molar-refractivity contribution >= 4 is 12.0 Å². The van der Waals surface area contributed by atoms with Gasteiger partial charge >= 0.3 is 6.09 Å². The van der Waals surface area contributed by atoms with Crippen LogP contribution in [0.4, 0.5) is 4.79 Å². The lowest BCUT2D eigenvalue weighted by Gasteiger charge is -2.17. The average Bonchev–Trinajstić information content (AvgIpc) is 2.77. The summed E-state index contributed by atoms with van der Waals surface area (Å²) in [4.78, 5) is 25.8. The van der Waals surface area contributed by atoms with Crippen LogP contribution in [0.1, 0.15) is 32.3 Å². The Bertz CT molecular complexity index is 504. The van der Waals surface area contributed by atoms with Crippen molar-refractivity contribution in [2.75, 3.05) is 13.2 Å².